The van der Waals surface area contributed by atoms with Crippen LogP contribution in [0, 0.1) is 18.3 Å². The van der Waals surface area contributed by atoms with Crippen LogP contribution in [0.3, 0.4) is 0 Å². The van der Waals surface area contributed by atoms with E-state index >= 15 is 0 Å². The summed E-state index contributed by atoms with van der Waals surface area (Å²) >= 11 is 0. The maximum absolute atomic E-state index is 8.63. The van der Waals surface area contributed by atoms with Gasteiger partial charge in [-0.3, -0.25) is 0 Å². The van der Waals surface area contributed by atoms with Crippen molar-refractivity contribution in [3.63, 3.8) is 0 Å². The van der Waals surface area contributed by atoms with E-state index in [1.165, 1.54) is 12.0 Å². The second-order valence-corrected chi connectivity index (χ2v) is 4.43. The van der Waals surface area contributed by atoms with Crippen molar-refractivity contribution in [3.05, 3.63) is 29.3 Å². The van der Waals surface area contributed by atoms with Crippen LogP contribution >= 0.6 is 0 Å². The number of hydrogen-bond acceptors (Lipinski definition) is 2. The summed E-state index contributed by atoms with van der Waals surface area (Å²) in [4.78, 5) is 0. The van der Waals surface area contributed by atoms with Gasteiger partial charge in [0.05, 0.1) is 12.7 Å². The van der Waals surface area contributed by atoms with E-state index in [0.29, 0.717) is 18.9 Å². The summed E-state index contributed by atoms with van der Waals surface area (Å²) in [5.74, 6) is 1.23. The average molecular weight is 247 g/mol. The molecule has 1 aromatic carbocycles. The summed E-state index contributed by atoms with van der Waals surface area (Å²) in [6.07, 6.45) is 1.81. The van der Waals surface area contributed by atoms with Gasteiger partial charge in [-0.05, 0) is 37.0 Å². The maximum atomic E-state index is 8.63. The fourth-order valence-corrected chi connectivity index (χ4v) is 1.55. The number of nitrogens with zero attached hydrogens (tertiary/aromatic N) is 1. The van der Waals surface area contributed by atoms with Gasteiger partial charge < -0.3 is 4.74 Å². The maximum Gasteiger partial charge on any atom is 0.122 e. The number of ether oxygens (including phenoxy) is 1. The minimum atomic E-state index is 0.296. The molecule has 1 rings (SSSR count). The lowest BCUT2D eigenvalue weighted by molar-refractivity contribution is 0.337. The van der Waals surface area contributed by atoms with Gasteiger partial charge in [0.2, 0.25) is 0 Å². The summed E-state index contributed by atoms with van der Waals surface area (Å²) in [6.45, 7) is 11.0. The second-order valence-electron chi connectivity index (χ2n) is 4.43. The topological polar surface area (TPSA) is 33.0 Å². The van der Waals surface area contributed by atoms with Gasteiger partial charge in [-0.1, -0.05) is 39.3 Å². The van der Waals surface area contributed by atoms with Crippen LogP contribution in [0.2, 0.25) is 0 Å². The van der Waals surface area contributed by atoms with E-state index in [9.17, 15) is 0 Å². The van der Waals surface area contributed by atoms with Gasteiger partial charge in [0.25, 0.3) is 0 Å². The van der Waals surface area contributed by atoms with Gasteiger partial charge in [0.1, 0.15) is 5.75 Å². The van der Waals surface area contributed by atoms with E-state index in [1.807, 2.05) is 26.0 Å². The molecule has 2 heteroatoms. The van der Waals surface area contributed by atoms with E-state index in [0.717, 1.165) is 11.3 Å². The Morgan fingerprint density at radius 1 is 1.28 bits per heavy atom. The molecule has 1 aromatic rings. The average Bonchev–Trinajstić information content (AvgIpc) is 2.33. The monoisotopic (exact) mass is 247 g/mol. The predicted octanol–water partition coefficient (Wildman–Crippen LogP) is 4.83. The molecular formula is C16H25NO. The molecule has 0 spiro atoms. The van der Waals surface area contributed by atoms with E-state index in [1.54, 1.807) is 0 Å². The van der Waals surface area contributed by atoms with Gasteiger partial charge in [-0.15, -0.1) is 0 Å². The van der Waals surface area contributed by atoms with Gasteiger partial charge in [0, 0.05) is 6.42 Å². The molecule has 0 saturated heterocycles. The highest BCUT2D eigenvalue weighted by atomic mass is 16.5. The number of nitriles is 1. The van der Waals surface area contributed by atoms with Crippen molar-refractivity contribution in [2.75, 3.05) is 6.61 Å². The molecule has 1 atom stereocenters. The Bertz CT molecular complexity index is 379. The minimum absolute atomic E-state index is 0.296. The van der Waals surface area contributed by atoms with Crippen LogP contribution in [0.25, 0.3) is 0 Å². The highest BCUT2D eigenvalue weighted by Crippen LogP contribution is 2.25. The van der Waals surface area contributed by atoms with Gasteiger partial charge >= 0.3 is 0 Å². The summed E-state index contributed by atoms with van der Waals surface area (Å²) < 4.78 is 5.47. The van der Waals surface area contributed by atoms with Crippen LogP contribution in [0.5, 0.6) is 5.75 Å². The Balaban J connectivity index is 0.000000873. The lowest BCUT2D eigenvalue weighted by atomic mass is 9.97. The number of benzene rings is 1. The molecule has 100 valence electrons. The molecule has 2 nitrogen and oxygen atoms in total. The highest BCUT2D eigenvalue weighted by Gasteiger charge is 2.07. The first-order valence-electron chi connectivity index (χ1n) is 6.70. The summed E-state index contributed by atoms with van der Waals surface area (Å²) in [5, 5.41) is 8.63. The SMILES string of the molecule is CCC.CCOc1ccc(C(C)CC#N)cc1C. The normalized spacial score (nSPS) is 10.9. The lowest BCUT2D eigenvalue weighted by Crippen LogP contribution is -1.97. The molecule has 0 fully saturated rings. The minimum Gasteiger partial charge on any atom is -0.494 e. The summed E-state index contributed by atoms with van der Waals surface area (Å²) in [5.41, 5.74) is 2.34. The lowest BCUT2D eigenvalue weighted by Gasteiger charge is -2.12. The molecule has 1 unspecified atom stereocenters. The van der Waals surface area contributed by atoms with Crippen LogP contribution in [-0.4, -0.2) is 6.61 Å². The zero-order chi connectivity index (χ0) is 14.0. The largest absolute Gasteiger partial charge is 0.494 e. The van der Waals surface area contributed by atoms with Crippen LogP contribution < -0.4 is 4.74 Å². The molecule has 0 heterocycles. The number of hydrogen-bond donors (Lipinski definition) is 0. The molecule has 0 radical (unpaired) electrons. The number of rotatable bonds is 4. The van der Waals surface area contributed by atoms with Crippen LogP contribution in [0.4, 0.5) is 0 Å². The third-order valence-corrected chi connectivity index (χ3v) is 2.47. The van der Waals surface area contributed by atoms with Crippen LogP contribution in [0.15, 0.2) is 18.2 Å². The highest BCUT2D eigenvalue weighted by molar-refractivity contribution is 5.37. The summed E-state index contributed by atoms with van der Waals surface area (Å²) in [7, 11) is 0. The van der Waals surface area contributed by atoms with E-state index in [4.69, 9.17) is 10.00 Å². The molecule has 0 aromatic heterocycles. The fourth-order valence-electron chi connectivity index (χ4n) is 1.55. The van der Waals surface area contributed by atoms with Crippen molar-refractivity contribution in [1.29, 1.82) is 5.26 Å². The van der Waals surface area contributed by atoms with Gasteiger partial charge in [-0.25, -0.2) is 0 Å². The molecule has 0 amide bonds. The van der Waals surface area contributed by atoms with Crippen molar-refractivity contribution in [3.8, 4) is 11.8 Å². The molecular weight excluding hydrogens is 222 g/mol. The third-order valence-electron chi connectivity index (χ3n) is 2.47. The molecule has 0 N–H and O–H groups in total. The van der Waals surface area contributed by atoms with Gasteiger partial charge in [0.15, 0.2) is 0 Å². The van der Waals surface area contributed by atoms with E-state index in [-0.39, 0.29) is 0 Å². The molecule has 0 saturated carbocycles. The first-order valence-corrected chi connectivity index (χ1v) is 6.70. The summed E-state index contributed by atoms with van der Waals surface area (Å²) in [6, 6.07) is 8.33. The van der Waals surface area contributed by atoms with Gasteiger partial charge in [-0.2, -0.15) is 5.26 Å². The quantitative estimate of drug-likeness (QED) is 0.763. The Kier molecular flexibility index (Phi) is 8.74. The Morgan fingerprint density at radius 2 is 1.89 bits per heavy atom. The predicted molar refractivity (Wildman–Crippen MR) is 77.0 cm³/mol. The molecule has 0 bridgehead atoms. The van der Waals surface area contributed by atoms with Crippen LogP contribution in [0.1, 0.15) is 57.6 Å². The van der Waals surface area contributed by atoms with Crippen molar-refractivity contribution < 1.29 is 4.74 Å². The van der Waals surface area contributed by atoms with Crippen molar-refractivity contribution in [2.24, 2.45) is 0 Å². The third kappa shape index (κ3) is 5.72. The van der Waals surface area contributed by atoms with E-state index < -0.39 is 0 Å². The van der Waals surface area contributed by atoms with Crippen molar-refractivity contribution >= 4 is 0 Å². The first kappa shape index (κ1) is 16.5. The molecule has 0 aliphatic rings. The van der Waals surface area contributed by atoms with Crippen molar-refractivity contribution in [1.82, 2.24) is 0 Å². The standard InChI is InChI=1S/C13H17NO.C3H8/c1-4-15-13-6-5-12(9-11(13)3)10(2)7-8-14;1-3-2/h5-6,9-10H,4,7H2,1-3H3;3H2,1-2H3. The fraction of sp³-hybridized carbons (Fsp3) is 0.562. The first-order chi connectivity index (χ1) is 8.60. The molecule has 18 heavy (non-hydrogen) atoms. The Morgan fingerprint density at radius 3 is 2.33 bits per heavy atom. The zero-order valence-electron chi connectivity index (χ0n) is 12.3. The smallest absolute Gasteiger partial charge is 0.122 e. The van der Waals surface area contributed by atoms with Crippen molar-refractivity contribution in [2.45, 2.75) is 53.4 Å². The Hall–Kier alpha value is -1.49. The zero-order valence-corrected chi connectivity index (χ0v) is 12.3. The van der Waals surface area contributed by atoms with E-state index in [2.05, 4.69) is 32.9 Å². The second kappa shape index (κ2) is 9.53. The molecule has 0 aliphatic heterocycles. The Labute approximate surface area is 112 Å². The van der Waals surface area contributed by atoms with Crippen LogP contribution in [-0.2, 0) is 0 Å². The number of aryl methyl sites for hydroxylation is 1. The molecule has 0 aliphatic carbocycles.